The van der Waals surface area contributed by atoms with Gasteiger partial charge in [-0.1, -0.05) is 24.3 Å². The van der Waals surface area contributed by atoms with Crippen LogP contribution in [0.15, 0.2) is 42.5 Å². The van der Waals surface area contributed by atoms with Gasteiger partial charge in [-0.3, -0.25) is 14.6 Å². The smallest absolute Gasteiger partial charge is 0.303 e. The van der Waals surface area contributed by atoms with Crippen molar-refractivity contribution in [1.82, 2.24) is 4.98 Å². The van der Waals surface area contributed by atoms with Crippen molar-refractivity contribution >= 4 is 29.7 Å². The summed E-state index contributed by atoms with van der Waals surface area (Å²) in [6, 6.07) is 13.1. The van der Waals surface area contributed by atoms with E-state index >= 15 is 0 Å². The van der Waals surface area contributed by atoms with Crippen molar-refractivity contribution < 1.29 is 14.7 Å². The van der Waals surface area contributed by atoms with Gasteiger partial charge in [-0.2, -0.15) is 0 Å². The summed E-state index contributed by atoms with van der Waals surface area (Å²) in [4.78, 5) is 26.4. The van der Waals surface area contributed by atoms with Crippen LogP contribution in [0.5, 0.6) is 0 Å². The number of carbonyl (C=O) groups excluding carboxylic acids is 1. The number of rotatable bonds is 6. The molecule has 0 atom stereocenters. The Morgan fingerprint density at radius 1 is 1.09 bits per heavy atom. The SMILES string of the molecule is Cc1cccc(/C=C/c2ccc(NC(=O)CCC(=O)O)cc2)n1. The highest BCUT2D eigenvalue weighted by Crippen LogP contribution is 2.13. The molecule has 5 heteroatoms. The minimum Gasteiger partial charge on any atom is -0.481 e. The van der Waals surface area contributed by atoms with Gasteiger partial charge in [-0.25, -0.2) is 0 Å². The van der Waals surface area contributed by atoms with Gasteiger partial charge in [0.1, 0.15) is 0 Å². The van der Waals surface area contributed by atoms with Crippen molar-refractivity contribution in [3.8, 4) is 0 Å². The Morgan fingerprint density at radius 2 is 1.83 bits per heavy atom. The first-order chi connectivity index (χ1) is 11.0. The van der Waals surface area contributed by atoms with Crippen molar-refractivity contribution in [3.63, 3.8) is 0 Å². The Bertz CT molecular complexity index is 721. The summed E-state index contributed by atoms with van der Waals surface area (Å²) >= 11 is 0. The predicted octanol–water partition coefficient (Wildman–Crippen LogP) is 3.36. The summed E-state index contributed by atoms with van der Waals surface area (Å²) in [5.41, 5.74) is 3.48. The quantitative estimate of drug-likeness (QED) is 0.857. The zero-order valence-corrected chi connectivity index (χ0v) is 12.8. The van der Waals surface area contributed by atoms with Crippen LogP contribution in [0.25, 0.3) is 12.2 Å². The molecule has 0 aliphatic carbocycles. The third-order valence-electron chi connectivity index (χ3n) is 3.12. The summed E-state index contributed by atoms with van der Waals surface area (Å²) < 4.78 is 0. The summed E-state index contributed by atoms with van der Waals surface area (Å²) in [5.74, 6) is -1.29. The van der Waals surface area contributed by atoms with Gasteiger partial charge < -0.3 is 10.4 Å². The van der Waals surface area contributed by atoms with E-state index in [4.69, 9.17) is 5.11 Å². The van der Waals surface area contributed by atoms with E-state index in [0.717, 1.165) is 17.0 Å². The Balaban J connectivity index is 1.94. The van der Waals surface area contributed by atoms with Gasteiger partial charge in [0.15, 0.2) is 0 Å². The molecule has 0 bridgehead atoms. The number of anilines is 1. The van der Waals surface area contributed by atoms with Crippen molar-refractivity contribution in [1.29, 1.82) is 0 Å². The number of carboxylic acid groups (broad SMARTS) is 1. The van der Waals surface area contributed by atoms with Crippen LogP contribution in [0.2, 0.25) is 0 Å². The highest BCUT2D eigenvalue weighted by molar-refractivity contribution is 5.92. The summed E-state index contributed by atoms with van der Waals surface area (Å²) in [6.45, 7) is 1.94. The second-order valence-corrected chi connectivity index (χ2v) is 5.10. The maximum absolute atomic E-state index is 11.5. The molecule has 2 aromatic rings. The van der Waals surface area contributed by atoms with Gasteiger partial charge in [0, 0.05) is 17.8 Å². The van der Waals surface area contributed by atoms with E-state index in [9.17, 15) is 9.59 Å². The van der Waals surface area contributed by atoms with Crippen molar-refractivity contribution in [2.75, 3.05) is 5.32 Å². The number of aromatic nitrogens is 1. The highest BCUT2D eigenvalue weighted by atomic mass is 16.4. The van der Waals surface area contributed by atoms with Crippen LogP contribution in [-0.4, -0.2) is 22.0 Å². The number of aryl methyl sites for hydroxylation is 1. The van der Waals surface area contributed by atoms with Crippen molar-refractivity contribution in [2.45, 2.75) is 19.8 Å². The van der Waals surface area contributed by atoms with E-state index in [1.807, 2.05) is 49.4 Å². The molecule has 0 spiro atoms. The molecule has 0 aliphatic heterocycles. The maximum Gasteiger partial charge on any atom is 0.303 e. The van der Waals surface area contributed by atoms with E-state index in [1.165, 1.54) is 0 Å². The number of nitrogens with zero attached hydrogens (tertiary/aromatic N) is 1. The number of pyridine rings is 1. The lowest BCUT2D eigenvalue weighted by Gasteiger charge is -2.04. The summed E-state index contributed by atoms with van der Waals surface area (Å²) in [6.07, 6.45) is 3.66. The van der Waals surface area contributed by atoms with Crippen LogP contribution >= 0.6 is 0 Å². The van der Waals surface area contributed by atoms with Crippen LogP contribution in [0.3, 0.4) is 0 Å². The van der Waals surface area contributed by atoms with Gasteiger partial charge in [0.25, 0.3) is 0 Å². The minimum atomic E-state index is -0.981. The van der Waals surface area contributed by atoms with Crippen molar-refractivity contribution in [3.05, 3.63) is 59.4 Å². The van der Waals surface area contributed by atoms with Gasteiger partial charge in [0.2, 0.25) is 5.91 Å². The number of aliphatic carboxylic acids is 1. The second-order valence-electron chi connectivity index (χ2n) is 5.10. The number of hydrogen-bond acceptors (Lipinski definition) is 3. The molecule has 1 aromatic carbocycles. The third kappa shape index (κ3) is 5.74. The molecule has 2 N–H and O–H groups in total. The molecule has 0 saturated heterocycles. The Labute approximate surface area is 134 Å². The monoisotopic (exact) mass is 310 g/mol. The molecule has 23 heavy (non-hydrogen) atoms. The second kappa shape index (κ2) is 7.89. The zero-order valence-electron chi connectivity index (χ0n) is 12.8. The molecule has 0 radical (unpaired) electrons. The number of nitrogens with one attached hydrogen (secondary N) is 1. The first kappa shape index (κ1) is 16.4. The van der Waals surface area contributed by atoms with Gasteiger partial charge >= 0.3 is 5.97 Å². The molecule has 1 amide bonds. The Hall–Kier alpha value is -2.95. The van der Waals surface area contributed by atoms with Crippen LogP contribution < -0.4 is 5.32 Å². The van der Waals surface area contributed by atoms with E-state index in [1.54, 1.807) is 12.1 Å². The number of carboxylic acids is 1. The summed E-state index contributed by atoms with van der Waals surface area (Å²) in [5, 5.41) is 11.2. The fraction of sp³-hybridized carbons (Fsp3) is 0.167. The van der Waals surface area contributed by atoms with E-state index < -0.39 is 5.97 Å². The topological polar surface area (TPSA) is 79.3 Å². The number of benzene rings is 1. The molecule has 0 fully saturated rings. The molecule has 2 rings (SSSR count). The Kier molecular flexibility index (Phi) is 5.63. The predicted molar refractivity (Wildman–Crippen MR) is 89.8 cm³/mol. The molecule has 5 nitrogen and oxygen atoms in total. The van der Waals surface area contributed by atoms with Gasteiger partial charge in [-0.05, 0) is 42.8 Å². The van der Waals surface area contributed by atoms with E-state index in [-0.39, 0.29) is 18.7 Å². The van der Waals surface area contributed by atoms with Crippen LogP contribution in [0.1, 0.15) is 29.8 Å². The average molecular weight is 310 g/mol. The first-order valence-electron chi connectivity index (χ1n) is 7.26. The summed E-state index contributed by atoms with van der Waals surface area (Å²) in [7, 11) is 0. The normalized spacial score (nSPS) is 10.7. The number of carbonyl (C=O) groups is 2. The zero-order chi connectivity index (χ0) is 16.7. The standard InChI is InChI=1S/C18H18N2O3/c1-13-3-2-4-15(19-13)8-5-14-6-9-16(10-7-14)20-17(21)11-12-18(22)23/h2-10H,11-12H2,1H3,(H,20,21)(H,22,23)/b8-5+. The molecule has 0 aliphatic rings. The van der Waals surface area contributed by atoms with Crippen LogP contribution in [0.4, 0.5) is 5.69 Å². The fourth-order valence-corrected chi connectivity index (χ4v) is 1.96. The lowest BCUT2D eigenvalue weighted by molar-refractivity contribution is -0.138. The molecular formula is C18H18N2O3. The Morgan fingerprint density at radius 3 is 2.48 bits per heavy atom. The van der Waals surface area contributed by atoms with E-state index in [0.29, 0.717) is 5.69 Å². The molecule has 1 heterocycles. The molecule has 0 unspecified atom stereocenters. The maximum atomic E-state index is 11.5. The molecule has 118 valence electrons. The van der Waals surface area contributed by atoms with Gasteiger partial charge in [-0.15, -0.1) is 0 Å². The first-order valence-corrected chi connectivity index (χ1v) is 7.26. The molecule has 0 saturated carbocycles. The van der Waals surface area contributed by atoms with Crippen LogP contribution in [0, 0.1) is 6.92 Å². The molecule has 1 aromatic heterocycles. The highest BCUT2D eigenvalue weighted by Gasteiger charge is 2.05. The number of hydrogen-bond donors (Lipinski definition) is 2. The van der Waals surface area contributed by atoms with E-state index in [2.05, 4.69) is 10.3 Å². The third-order valence-corrected chi connectivity index (χ3v) is 3.12. The van der Waals surface area contributed by atoms with Gasteiger partial charge in [0.05, 0.1) is 12.1 Å². The molecular weight excluding hydrogens is 292 g/mol. The lowest BCUT2D eigenvalue weighted by atomic mass is 10.1. The fourth-order valence-electron chi connectivity index (χ4n) is 1.96. The van der Waals surface area contributed by atoms with Crippen LogP contribution in [-0.2, 0) is 9.59 Å². The number of amides is 1. The van der Waals surface area contributed by atoms with Crippen molar-refractivity contribution in [2.24, 2.45) is 0 Å². The minimum absolute atomic E-state index is 0.0317. The largest absolute Gasteiger partial charge is 0.481 e. The lowest BCUT2D eigenvalue weighted by Crippen LogP contribution is -2.13. The average Bonchev–Trinajstić information content (AvgIpc) is 2.52.